The molecule has 0 fully saturated rings. The Labute approximate surface area is 187 Å². The Morgan fingerprint density at radius 3 is 2.10 bits per heavy atom. The number of primary amides is 1. The highest BCUT2D eigenvalue weighted by atomic mass is 35.5. The van der Waals surface area contributed by atoms with Crippen LogP contribution in [0, 0.1) is 6.92 Å². The lowest BCUT2D eigenvalue weighted by Gasteiger charge is -2.23. The molecule has 7 nitrogen and oxygen atoms in total. The van der Waals surface area contributed by atoms with Gasteiger partial charge < -0.3 is 21.1 Å². The zero-order chi connectivity index (χ0) is 23.0. The van der Waals surface area contributed by atoms with Crippen molar-refractivity contribution < 1.29 is 19.1 Å². The van der Waals surface area contributed by atoms with E-state index in [9.17, 15) is 14.4 Å². The van der Waals surface area contributed by atoms with Crippen LogP contribution in [0.4, 0.5) is 4.79 Å². The van der Waals surface area contributed by atoms with E-state index in [1.807, 2.05) is 31.2 Å². The molecule has 31 heavy (non-hydrogen) atoms. The number of nitrogens with one attached hydrogen (secondary N) is 2. The SMILES string of the molecule is Cc1ccccc1[C@@H](CC(=O)N[C@@H](CC(=O)OC(C)C)c1ccccc1Cl)NC(N)=O. The van der Waals surface area contributed by atoms with Crippen molar-refractivity contribution in [3.8, 4) is 0 Å². The minimum atomic E-state index is -0.732. The summed E-state index contributed by atoms with van der Waals surface area (Å²) in [5.74, 6) is -0.824. The molecular formula is C23H28ClN3O4. The first-order valence-electron chi connectivity index (χ1n) is 10.0. The molecule has 3 amide bonds. The minimum Gasteiger partial charge on any atom is -0.463 e. The molecule has 0 saturated carbocycles. The standard InChI is InChI=1S/C23H28ClN3O4/c1-14(2)31-22(29)13-20(17-10-6-7-11-18(17)24)26-21(28)12-19(27-23(25)30)16-9-5-4-8-15(16)3/h4-11,14,19-20H,12-13H2,1-3H3,(H,26,28)(H3,25,27,30)/t19-,20+/m1/s1. The second-order valence-corrected chi connectivity index (χ2v) is 7.91. The largest absolute Gasteiger partial charge is 0.463 e. The smallest absolute Gasteiger partial charge is 0.312 e. The zero-order valence-electron chi connectivity index (χ0n) is 17.9. The fraction of sp³-hybridized carbons (Fsp3) is 0.348. The van der Waals surface area contributed by atoms with E-state index in [2.05, 4.69) is 10.6 Å². The maximum absolute atomic E-state index is 12.9. The number of rotatable bonds is 9. The predicted octanol–water partition coefficient (Wildman–Crippen LogP) is 3.95. The van der Waals surface area contributed by atoms with Gasteiger partial charge in [-0.2, -0.15) is 0 Å². The van der Waals surface area contributed by atoms with E-state index >= 15 is 0 Å². The van der Waals surface area contributed by atoms with Gasteiger partial charge in [0.2, 0.25) is 5.91 Å². The first-order chi connectivity index (χ1) is 14.7. The number of carbonyl (C=O) groups is 3. The number of halogens is 1. The Bertz CT molecular complexity index is 933. The van der Waals surface area contributed by atoms with Crippen LogP contribution in [0.3, 0.4) is 0 Å². The molecule has 2 rings (SSSR count). The lowest BCUT2D eigenvalue weighted by molar-refractivity contribution is -0.148. The zero-order valence-corrected chi connectivity index (χ0v) is 18.6. The molecule has 0 spiro atoms. The monoisotopic (exact) mass is 445 g/mol. The number of ether oxygens (including phenoxy) is 1. The van der Waals surface area contributed by atoms with Gasteiger partial charge in [0.05, 0.1) is 31.0 Å². The Hall–Kier alpha value is -3.06. The van der Waals surface area contributed by atoms with Gasteiger partial charge in [-0.3, -0.25) is 9.59 Å². The summed E-state index contributed by atoms with van der Waals surface area (Å²) >= 11 is 6.31. The molecule has 0 radical (unpaired) electrons. The first kappa shape index (κ1) is 24.2. The van der Waals surface area contributed by atoms with Crippen molar-refractivity contribution in [3.63, 3.8) is 0 Å². The summed E-state index contributed by atoms with van der Waals surface area (Å²) in [6.07, 6.45) is -0.416. The van der Waals surface area contributed by atoms with E-state index in [1.54, 1.807) is 38.1 Å². The van der Waals surface area contributed by atoms with Crippen LogP contribution in [0.5, 0.6) is 0 Å². The maximum Gasteiger partial charge on any atom is 0.312 e. The van der Waals surface area contributed by atoms with Crippen LogP contribution in [-0.2, 0) is 14.3 Å². The molecule has 0 saturated heterocycles. The first-order valence-corrected chi connectivity index (χ1v) is 10.4. The van der Waals surface area contributed by atoms with Crippen LogP contribution in [0.2, 0.25) is 5.02 Å². The van der Waals surface area contributed by atoms with Gasteiger partial charge in [0.25, 0.3) is 0 Å². The Balaban J connectivity index is 2.22. The molecule has 0 bridgehead atoms. The number of aryl methyl sites for hydroxylation is 1. The third kappa shape index (κ3) is 7.61. The summed E-state index contributed by atoms with van der Waals surface area (Å²) < 4.78 is 5.24. The molecule has 0 aliphatic carbocycles. The van der Waals surface area contributed by atoms with Crippen LogP contribution in [0.15, 0.2) is 48.5 Å². The van der Waals surface area contributed by atoms with Crippen LogP contribution >= 0.6 is 11.6 Å². The van der Waals surface area contributed by atoms with Gasteiger partial charge in [0.1, 0.15) is 0 Å². The molecule has 0 aliphatic heterocycles. The summed E-state index contributed by atoms with van der Waals surface area (Å²) in [5, 5.41) is 5.90. The van der Waals surface area contributed by atoms with Gasteiger partial charge in [-0.25, -0.2) is 4.79 Å². The van der Waals surface area contributed by atoms with Crippen molar-refractivity contribution in [2.75, 3.05) is 0 Å². The summed E-state index contributed by atoms with van der Waals surface area (Å²) in [4.78, 5) is 36.7. The molecular weight excluding hydrogens is 418 g/mol. The van der Waals surface area contributed by atoms with Crippen LogP contribution in [0.25, 0.3) is 0 Å². The van der Waals surface area contributed by atoms with Gasteiger partial charge >= 0.3 is 12.0 Å². The highest BCUT2D eigenvalue weighted by Crippen LogP contribution is 2.27. The number of amides is 3. The fourth-order valence-corrected chi connectivity index (χ4v) is 3.57. The van der Waals surface area contributed by atoms with E-state index < -0.39 is 24.1 Å². The molecule has 166 valence electrons. The van der Waals surface area contributed by atoms with Crippen LogP contribution in [-0.4, -0.2) is 24.0 Å². The van der Waals surface area contributed by atoms with Crippen molar-refractivity contribution in [1.29, 1.82) is 0 Å². The Kier molecular flexibility index (Phi) is 8.88. The van der Waals surface area contributed by atoms with Crippen molar-refractivity contribution in [3.05, 3.63) is 70.2 Å². The van der Waals surface area contributed by atoms with Gasteiger partial charge in [0.15, 0.2) is 0 Å². The third-order valence-electron chi connectivity index (χ3n) is 4.62. The van der Waals surface area contributed by atoms with Gasteiger partial charge in [-0.05, 0) is 43.5 Å². The van der Waals surface area contributed by atoms with E-state index in [1.165, 1.54) is 0 Å². The van der Waals surface area contributed by atoms with Gasteiger partial charge in [-0.1, -0.05) is 54.1 Å². The molecule has 2 atom stereocenters. The Morgan fingerprint density at radius 2 is 1.52 bits per heavy atom. The summed E-state index contributed by atoms with van der Waals surface area (Å²) in [6.45, 7) is 5.39. The van der Waals surface area contributed by atoms with Gasteiger partial charge in [-0.15, -0.1) is 0 Å². The number of hydrogen-bond acceptors (Lipinski definition) is 4. The topological polar surface area (TPSA) is 111 Å². The second-order valence-electron chi connectivity index (χ2n) is 7.51. The van der Waals surface area contributed by atoms with E-state index in [-0.39, 0.29) is 24.9 Å². The number of benzene rings is 2. The molecule has 2 aromatic rings. The third-order valence-corrected chi connectivity index (χ3v) is 4.97. The van der Waals surface area contributed by atoms with Crippen molar-refractivity contribution in [2.24, 2.45) is 5.73 Å². The highest BCUT2D eigenvalue weighted by Gasteiger charge is 2.25. The van der Waals surface area contributed by atoms with E-state index in [4.69, 9.17) is 22.1 Å². The molecule has 0 aliphatic rings. The number of urea groups is 1. The number of carbonyl (C=O) groups excluding carboxylic acids is 3. The minimum absolute atomic E-state index is 0.0615. The Morgan fingerprint density at radius 1 is 0.935 bits per heavy atom. The van der Waals surface area contributed by atoms with Crippen molar-refractivity contribution in [2.45, 2.75) is 51.8 Å². The maximum atomic E-state index is 12.9. The normalized spacial score (nSPS) is 12.7. The summed E-state index contributed by atoms with van der Waals surface area (Å²) in [6, 6.07) is 12.4. The van der Waals surface area contributed by atoms with E-state index in [0.717, 1.165) is 11.1 Å². The van der Waals surface area contributed by atoms with Gasteiger partial charge in [0, 0.05) is 5.02 Å². The average Bonchev–Trinajstić information content (AvgIpc) is 2.66. The van der Waals surface area contributed by atoms with E-state index in [0.29, 0.717) is 10.6 Å². The lowest BCUT2D eigenvalue weighted by Crippen LogP contribution is -2.38. The average molecular weight is 446 g/mol. The summed E-state index contributed by atoms with van der Waals surface area (Å²) in [7, 11) is 0. The second kappa shape index (κ2) is 11.4. The van der Waals surface area contributed by atoms with Crippen LogP contribution in [0.1, 0.15) is 55.5 Å². The van der Waals surface area contributed by atoms with Crippen LogP contribution < -0.4 is 16.4 Å². The lowest BCUT2D eigenvalue weighted by atomic mass is 9.97. The number of esters is 1. The predicted molar refractivity (Wildman–Crippen MR) is 119 cm³/mol. The quantitative estimate of drug-likeness (QED) is 0.507. The highest BCUT2D eigenvalue weighted by molar-refractivity contribution is 6.31. The molecule has 0 heterocycles. The molecule has 2 aromatic carbocycles. The van der Waals surface area contributed by atoms with Crippen molar-refractivity contribution in [1.82, 2.24) is 10.6 Å². The number of nitrogens with two attached hydrogens (primary N) is 1. The molecule has 0 unspecified atom stereocenters. The molecule has 8 heteroatoms. The summed E-state index contributed by atoms with van der Waals surface area (Å²) in [5.41, 5.74) is 7.62. The fourth-order valence-electron chi connectivity index (χ4n) is 3.30. The number of hydrogen-bond donors (Lipinski definition) is 3. The molecule has 4 N–H and O–H groups in total. The molecule has 0 aromatic heterocycles. The van der Waals surface area contributed by atoms with Crippen molar-refractivity contribution >= 4 is 29.5 Å².